The zero-order valence-electron chi connectivity index (χ0n) is 55.9. The third-order valence-electron chi connectivity index (χ3n) is 17.0. The molecule has 1 radical (unpaired) electrons. The molecule has 0 spiro atoms. The molecule has 92 heavy (non-hydrogen) atoms. The normalized spacial score (nSPS) is 20.4. The van der Waals surface area contributed by atoms with Crippen LogP contribution in [0.25, 0.3) is 0 Å². The Kier molecular flexibility index (Phi) is 29.3. The van der Waals surface area contributed by atoms with Crippen molar-refractivity contribution in [2.24, 2.45) is 23.7 Å². The molecule has 8 atom stereocenters. The van der Waals surface area contributed by atoms with Crippen LogP contribution in [0.3, 0.4) is 0 Å². The number of aliphatic hydroxyl groups excluding tert-OH is 1. The van der Waals surface area contributed by atoms with Crippen LogP contribution in [0, 0.1) is 37.5 Å². The van der Waals surface area contributed by atoms with Gasteiger partial charge in [-0.05, 0) is 147 Å². The van der Waals surface area contributed by atoms with Crippen molar-refractivity contribution in [1.82, 2.24) is 4.90 Å². The average molecular weight is 1300 g/mol. The van der Waals surface area contributed by atoms with Crippen molar-refractivity contribution in [2.45, 2.75) is 124 Å². The molecule has 4 aromatic carbocycles. The molecule has 2 heterocycles. The second kappa shape index (κ2) is 37.1. The number of Topliss-reactive ketones (excluding diaryl/α,β-unsaturated/α-hetero) is 2. The molecule has 0 bridgehead atoms. The number of aryl methyl sites for hydroxylation is 2. The number of hydrogen-bond donors (Lipinski definition) is 1. The monoisotopic (exact) mass is 1290 g/mol. The van der Waals surface area contributed by atoms with E-state index in [-0.39, 0.29) is 154 Å². The summed E-state index contributed by atoms with van der Waals surface area (Å²) >= 11 is 3.58. The zero-order chi connectivity index (χ0) is 67.7. The number of ether oxygens (including phenoxy) is 13. The first-order valence-electron chi connectivity index (χ1n) is 31.6. The number of esters is 2. The van der Waals surface area contributed by atoms with E-state index in [9.17, 15) is 24.0 Å². The van der Waals surface area contributed by atoms with Crippen molar-refractivity contribution in [2.75, 3.05) is 94.4 Å². The Morgan fingerprint density at radius 3 is 2.07 bits per heavy atom. The van der Waals surface area contributed by atoms with Gasteiger partial charge in [0.15, 0.2) is 23.1 Å². The molecule has 1 N–H and O–H groups in total. The van der Waals surface area contributed by atoms with Gasteiger partial charge in [-0.1, -0.05) is 51.5 Å². The summed E-state index contributed by atoms with van der Waals surface area (Å²) in [7, 11) is 5.95. The van der Waals surface area contributed by atoms with Crippen LogP contribution in [0.5, 0.6) is 34.5 Å². The van der Waals surface area contributed by atoms with E-state index in [4.69, 9.17) is 58.3 Å². The molecule has 4 aromatic rings. The number of methoxy groups -OCH3 is 4. The summed E-state index contributed by atoms with van der Waals surface area (Å²) in [5.74, 6) is 0.0758. The molecular weight excluding hydrogens is 1200 g/mol. The molecule has 3 fully saturated rings. The van der Waals surface area contributed by atoms with Crippen LogP contribution in [0.4, 0.5) is 0 Å². The first-order chi connectivity index (χ1) is 44.8. The molecule has 3 aliphatic rings. The summed E-state index contributed by atoms with van der Waals surface area (Å²) in [6.07, 6.45) is 1.36. The van der Waals surface area contributed by atoms with Crippen molar-refractivity contribution < 1.29 is 90.7 Å². The molecule has 2 aliphatic heterocycles. The summed E-state index contributed by atoms with van der Waals surface area (Å²) < 4.78 is 83.7. The summed E-state index contributed by atoms with van der Waals surface area (Å²) in [6.45, 7) is 26.6. The topological polar surface area (TPSA) is 229 Å². The number of aliphatic hydroxyl groups is 1. The molecule has 1 saturated carbocycles. The number of allylic oxidation sites excluding steroid dienone is 1. The van der Waals surface area contributed by atoms with Crippen LogP contribution in [0.1, 0.15) is 125 Å². The Labute approximate surface area is 549 Å². The Morgan fingerprint density at radius 2 is 1.40 bits per heavy atom. The molecule has 2 saturated heterocycles. The molecule has 0 aromatic heterocycles. The fourth-order valence-electron chi connectivity index (χ4n) is 11.7. The van der Waals surface area contributed by atoms with Crippen LogP contribution in [0.15, 0.2) is 85.0 Å². The van der Waals surface area contributed by atoms with Gasteiger partial charge in [0, 0.05) is 56.9 Å². The van der Waals surface area contributed by atoms with Gasteiger partial charge < -0.3 is 71.6 Å². The van der Waals surface area contributed by atoms with E-state index >= 15 is 0 Å². The number of carbonyl (C=O) groups is 5. The number of benzene rings is 4. The zero-order valence-corrected chi connectivity index (χ0v) is 55.7. The quantitative estimate of drug-likeness (QED) is 0.0111. The van der Waals surface area contributed by atoms with Gasteiger partial charge in [-0.25, -0.2) is 4.79 Å². The fourth-order valence-corrected chi connectivity index (χ4v) is 11.7. The van der Waals surface area contributed by atoms with Gasteiger partial charge in [-0.3, -0.25) is 19.2 Å². The summed E-state index contributed by atoms with van der Waals surface area (Å²) in [5.41, 5.74) is 6.19. The minimum atomic E-state index is -0.872. The number of nitrogens with zero attached hydrogens (tertiary/aromatic N) is 1. The van der Waals surface area contributed by atoms with Gasteiger partial charge >= 0.3 is 30.7 Å². The second-order valence-corrected chi connectivity index (χ2v) is 23.4. The van der Waals surface area contributed by atoms with E-state index in [0.717, 1.165) is 35.1 Å². The van der Waals surface area contributed by atoms with E-state index in [2.05, 4.69) is 62.6 Å². The van der Waals surface area contributed by atoms with E-state index in [0.29, 0.717) is 78.3 Å². The number of ketones is 2. The van der Waals surface area contributed by atoms with Crippen LogP contribution < -0.4 is 28.4 Å². The van der Waals surface area contributed by atoms with E-state index < -0.39 is 24.3 Å². The average Bonchev–Trinajstić information content (AvgIpc) is 1.77. The molecule has 7 rings (SSSR count). The van der Waals surface area contributed by atoms with Gasteiger partial charge in [-0.2, -0.15) is 0 Å². The van der Waals surface area contributed by atoms with Crippen molar-refractivity contribution in [3.8, 4) is 34.5 Å². The maximum atomic E-state index is 14.8. The first kappa shape index (κ1) is 72.5. The van der Waals surface area contributed by atoms with Gasteiger partial charge in [0.25, 0.3) is 5.91 Å². The van der Waals surface area contributed by atoms with E-state index in [1.54, 1.807) is 43.4 Å². The van der Waals surface area contributed by atoms with Crippen LogP contribution in [0.2, 0.25) is 0 Å². The number of likely N-dealkylation sites (tertiary alicyclic amines) is 1. The number of amides is 1. The molecule has 22 heteroatoms. The van der Waals surface area contributed by atoms with Crippen molar-refractivity contribution in [3.05, 3.63) is 129 Å². The van der Waals surface area contributed by atoms with Crippen molar-refractivity contribution >= 4 is 48.2 Å². The summed E-state index contributed by atoms with van der Waals surface area (Å²) in [4.78, 5) is 69.8. The molecular formula is C70H91BNO19S. The van der Waals surface area contributed by atoms with Gasteiger partial charge in [0.1, 0.15) is 55.5 Å². The molecule has 499 valence electrons. The first-order valence-corrected chi connectivity index (χ1v) is 31.6. The summed E-state index contributed by atoms with van der Waals surface area (Å²) in [5, 5.41) is 4.68. The standard InChI is InChI=1S/C70H91NO19.BS/c1-13-51-25-42(2)27-58(51)67(76)59-36-63(79-10)64(33-52(59)34-65(74)89-54-16-17-56(60(73)15-14-18-78-9)62(35-54)90-70-68(81-12)47(7)46(6)48(8)88-70)87-40-50-30-49(31-55(32-50)85-24-23-83-20-19-82-21-22-84-41-66(75)80-11)39-86-61-29-44(4)57(28-45(61)5)69(77)71-37-43(3)26-53(71)38-72;1-2/h16-17,28-33,35-36,46-48,51,53,58,68,70,72H,2-3,13-15,18-27,34,37-41H2,1,4-12H3;/t46?,47-,48+,51+,53?,58?,68?,70-;/m0./s1/i72T;. The molecule has 1 amide bonds. The number of carbonyl (C=O) groups excluding carboxylic acids is 5. The summed E-state index contributed by atoms with van der Waals surface area (Å²) in [6, 6.07) is 16.9. The SMILES string of the molecule is [3H]OCC1CC(=C)CN1C(=O)c1cc(C)c(OCc2cc(COc3cc(CC(=O)Oc4ccc(C(=O)CCCOC)c(O[C@@H]5O[C@H](C)C(C)[C@H](C)C5OC)c4)c(C(=O)C4CC(=C)C[C@H]4CC)cc3OC)cc(OCCOCCOCCOCC(=O)OC)c2)cc1C.[B]=S. The maximum absolute atomic E-state index is 14.8. The van der Waals surface area contributed by atoms with Gasteiger partial charge in [0.2, 0.25) is 7.72 Å². The van der Waals surface area contributed by atoms with Crippen LogP contribution in [-0.2, 0) is 62.4 Å². The second-order valence-electron chi connectivity index (χ2n) is 23.4. The predicted octanol–water partition coefficient (Wildman–Crippen LogP) is 10.4. The molecule has 20 nitrogen and oxygen atoms in total. The Bertz CT molecular complexity index is 3200. The Hall–Kier alpha value is -6.89. The van der Waals surface area contributed by atoms with E-state index in [1.165, 1.54) is 20.3 Å². The number of hydrogen-bond acceptors (Lipinski definition) is 20. The fraction of sp³-hybridized carbons (Fsp3) is 0.529. The van der Waals surface area contributed by atoms with Crippen molar-refractivity contribution in [3.63, 3.8) is 0 Å². The van der Waals surface area contributed by atoms with Crippen LogP contribution >= 0.6 is 12.1 Å². The van der Waals surface area contributed by atoms with Gasteiger partial charge in [0.05, 0.1) is 78.0 Å². The van der Waals surface area contributed by atoms with E-state index in [1.807, 2.05) is 51.1 Å². The van der Waals surface area contributed by atoms with Gasteiger partial charge in [-0.15, -0.1) is 0 Å². The van der Waals surface area contributed by atoms with Crippen molar-refractivity contribution in [1.29, 1.82) is 1.43 Å². The third kappa shape index (κ3) is 20.6. The predicted molar refractivity (Wildman–Crippen MR) is 348 cm³/mol. The Balaban J connectivity index is 0.00000679. The molecule has 1 aliphatic carbocycles. The van der Waals surface area contributed by atoms with Crippen LogP contribution in [-0.4, -0.2) is 167 Å². The minimum absolute atomic E-state index is 0.0240. The molecule has 4 unspecified atom stereocenters. The Morgan fingerprint density at radius 1 is 0.707 bits per heavy atom. The third-order valence-corrected chi connectivity index (χ3v) is 17.0. The number of rotatable bonds is 36.